The van der Waals surface area contributed by atoms with Crippen molar-refractivity contribution in [3.05, 3.63) is 70.4 Å². The average Bonchev–Trinajstić information content (AvgIpc) is 2.61. The van der Waals surface area contributed by atoms with E-state index < -0.39 is 0 Å². The van der Waals surface area contributed by atoms with Crippen LogP contribution in [0.1, 0.15) is 37.1 Å². The summed E-state index contributed by atoms with van der Waals surface area (Å²) in [5, 5.41) is 6.16. The fourth-order valence-electron chi connectivity index (χ4n) is 2.75. The molecule has 1 aromatic carbocycles. The molecule has 0 saturated heterocycles. The van der Waals surface area contributed by atoms with Crippen LogP contribution in [0.3, 0.4) is 0 Å². The summed E-state index contributed by atoms with van der Waals surface area (Å²) in [6.07, 6.45) is 0.769. The number of rotatable bonds is 9. The topological polar surface area (TPSA) is 66.7 Å². The van der Waals surface area contributed by atoms with Crippen molar-refractivity contribution in [2.24, 2.45) is 10.2 Å². The maximum atomic E-state index is 10.0. The molecule has 0 aliphatic carbocycles. The van der Waals surface area contributed by atoms with E-state index in [4.69, 9.17) is 4.98 Å². The lowest BCUT2D eigenvalue weighted by atomic mass is 10.0. The molecule has 0 bridgehead atoms. The second kappa shape index (κ2) is 9.73. The van der Waals surface area contributed by atoms with Crippen molar-refractivity contribution in [2.75, 3.05) is 13.1 Å². The van der Waals surface area contributed by atoms with Crippen LogP contribution in [0.5, 0.6) is 0 Å². The zero-order chi connectivity index (χ0) is 18.9. The minimum Gasteiger partial charge on any atom is -0.313 e. The zero-order valence-electron chi connectivity index (χ0n) is 15.7. The SMILES string of the molecule is C=C(C)/N=C(/C)c1ccc(-c2ccc(CNCCCN=O)cc2)nc1C. The second-order valence-electron chi connectivity index (χ2n) is 6.34. The first-order valence-electron chi connectivity index (χ1n) is 8.79. The van der Waals surface area contributed by atoms with Crippen molar-refractivity contribution < 1.29 is 0 Å². The maximum Gasteiger partial charge on any atom is 0.0823 e. The first kappa shape index (κ1) is 19.7. The van der Waals surface area contributed by atoms with Gasteiger partial charge in [0.15, 0.2) is 0 Å². The second-order valence-corrected chi connectivity index (χ2v) is 6.34. The number of nitrogens with one attached hydrogen (secondary N) is 1. The van der Waals surface area contributed by atoms with Gasteiger partial charge >= 0.3 is 0 Å². The summed E-state index contributed by atoms with van der Waals surface area (Å²) in [7, 11) is 0. The van der Waals surface area contributed by atoms with Crippen LogP contribution in [0.15, 0.2) is 58.8 Å². The van der Waals surface area contributed by atoms with Gasteiger partial charge in [-0.2, -0.15) is 4.91 Å². The Morgan fingerprint density at radius 3 is 2.50 bits per heavy atom. The van der Waals surface area contributed by atoms with E-state index in [1.54, 1.807) is 0 Å². The molecule has 1 heterocycles. The van der Waals surface area contributed by atoms with E-state index in [0.29, 0.717) is 6.54 Å². The van der Waals surface area contributed by atoms with E-state index in [1.165, 1.54) is 5.56 Å². The number of pyridine rings is 1. The Balaban J connectivity index is 2.06. The molecule has 0 radical (unpaired) electrons. The van der Waals surface area contributed by atoms with Gasteiger partial charge in [0.2, 0.25) is 0 Å². The molecule has 5 nitrogen and oxygen atoms in total. The molecule has 0 fully saturated rings. The lowest BCUT2D eigenvalue weighted by Gasteiger charge is -2.09. The number of nitrogens with zero attached hydrogens (tertiary/aromatic N) is 3. The molecule has 2 aromatic rings. The van der Waals surface area contributed by atoms with Crippen LogP contribution in [0, 0.1) is 11.8 Å². The van der Waals surface area contributed by atoms with Crippen molar-refractivity contribution in [1.82, 2.24) is 10.3 Å². The van der Waals surface area contributed by atoms with Gasteiger partial charge in [-0.1, -0.05) is 36.0 Å². The van der Waals surface area contributed by atoms with Crippen LogP contribution in [-0.4, -0.2) is 23.8 Å². The van der Waals surface area contributed by atoms with Gasteiger partial charge in [0, 0.05) is 34.8 Å². The quantitative estimate of drug-likeness (QED) is 0.407. The molecule has 0 amide bonds. The van der Waals surface area contributed by atoms with Gasteiger partial charge in [0.05, 0.1) is 12.2 Å². The summed E-state index contributed by atoms with van der Waals surface area (Å²) in [5.41, 5.74) is 6.96. The minimum absolute atomic E-state index is 0.365. The maximum absolute atomic E-state index is 10.0. The Bertz CT molecular complexity index is 794. The number of aryl methyl sites for hydroxylation is 1. The molecule has 0 unspecified atom stereocenters. The number of aliphatic imine (C=N–C) groups is 1. The molecule has 5 heteroatoms. The molecule has 1 aromatic heterocycles. The summed E-state index contributed by atoms with van der Waals surface area (Å²) < 4.78 is 0. The average molecular weight is 350 g/mol. The third kappa shape index (κ3) is 5.70. The Labute approximate surface area is 155 Å². The Hall–Kier alpha value is -2.66. The van der Waals surface area contributed by atoms with Crippen LogP contribution in [0.4, 0.5) is 0 Å². The van der Waals surface area contributed by atoms with Gasteiger partial charge in [-0.25, -0.2) is 0 Å². The minimum atomic E-state index is 0.365. The Morgan fingerprint density at radius 1 is 1.15 bits per heavy atom. The molecule has 2 rings (SSSR count). The van der Waals surface area contributed by atoms with Crippen LogP contribution in [-0.2, 0) is 6.54 Å². The number of benzene rings is 1. The van der Waals surface area contributed by atoms with E-state index in [-0.39, 0.29) is 0 Å². The molecule has 0 spiro atoms. The highest BCUT2D eigenvalue weighted by Crippen LogP contribution is 2.20. The van der Waals surface area contributed by atoms with Gasteiger partial charge in [0.1, 0.15) is 0 Å². The lowest BCUT2D eigenvalue weighted by Crippen LogP contribution is -2.15. The number of nitroso groups, excluding NO2 is 1. The van der Waals surface area contributed by atoms with E-state index >= 15 is 0 Å². The third-order valence-electron chi connectivity index (χ3n) is 4.02. The molecule has 0 aliphatic rings. The van der Waals surface area contributed by atoms with Gasteiger partial charge in [-0.15, -0.1) is 0 Å². The largest absolute Gasteiger partial charge is 0.313 e. The predicted molar refractivity (Wildman–Crippen MR) is 108 cm³/mol. The monoisotopic (exact) mass is 350 g/mol. The molecule has 0 atom stereocenters. The molecular weight excluding hydrogens is 324 g/mol. The van der Waals surface area contributed by atoms with Crippen LogP contribution < -0.4 is 5.32 Å². The number of allylic oxidation sites excluding steroid dienone is 1. The van der Waals surface area contributed by atoms with Crippen molar-refractivity contribution in [3.8, 4) is 11.3 Å². The first-order valence-corrected chi connectivity index (χ1v) is 8.79. The molecule has 0 saturated carbocycles. The van der Waals surface area contributed by atoms with Crippen LogP contribution in [0.2, 0.25) is 0 Å². The van der Waals surface area contributed by atoms with E-state index in [9.17, 15) is 4.91 Å². The molecule has 136 valence electrons. The van der Waals surface area contributed by atoms with Gasteiger partial charge < -0.3 is 5.32 Å². The normalized spacial score (nSPS) is 11.4. The zero-order valence-corrected chi connectivity index (χ0v) is 15.7. The number of hydrogen-bond acceptors (Lipinski definition) is 5. The number of aromatic nitrogens is 1. The fourth-order valence-corrected chi connectivity index (χ4v) is 2.75. The summed E-state index contributed by atoms with van der Waals surface area (Å²) in [6, 6.07) is 12.5. The molecule has 0 aliphatic heterocycles. The lowest BCUT2D eigenvalue weighted by molar-refractivity contribution is 0.655. The molecule has 26 heavy (non-hydrogen) atoms. The van der Waals surface area contributed by atoms with Gasteiger partial charge in [-0.05, 0) is 51.4 Å². The van der Waals surface area contributed by atoms with Crippen molar-refractivity contribution >= 4 is 5.71 Å². The van der Waals surface area contributed by atoms with Crippen molar-refractivity contribution in [2.45, 2.75) is 33.7 Å². The molecular formula is C21H26N4O. The standard InChI is InChI=1S/C21H26N4O/c1-15(2)24-16(3)20-10-11-21(25-17(20)4)19-8-6-18(7-9-19)14-22-12-5-13-23-26/h6-11,22H,1,5,12-14H2,2-4H3/b24-16-. The predicted octanol–water partition coefficient (Wildman–Crippen LogP) is 4.65. The van der Waals surface area contributed by atoms with E-state index in [1.807, 2.05) is 26.8 Å². The van der Waals surface area contributed by atoms with Crippen molar-refractivity contribution in [3.63, 3.8) is 0 Å². The van der Waals surface area contributed by atoms with Crippen LogP contribution >= 0.6 is 0 Å². The number of hydrogen-bond donors (Lipinski definition) is 1. The van der Waals surface area contributed by atoms with Crippen LogP contribution in [0.25, 0.3) is 11.3 Å². The van der Waals surface area contributed by atoms with Gasteiger partial charge in [0.25, 0.3) is 0 Å². The smallest absolute Gasteiger partial charge is 0.0823 e. The third-order valence-corrected chi connectivity index (χ3v) is 4.02. The van der Waals surface area contributed by atoms with Crippen molar-refractivity contribution in [1.29, 1.82) is 0 Å². The highest BCUT2D eigenvalue weighted by atomic mass is 16.3. The molecule has 1 N–H and O–H groups in total. The Kier molecular flexibility index (Phi) is 7.36. The summed E-state index contributed by atoms with van der Waals surface area (Å²) in [6.45, 7) is 11.6. The fraction of sp³-hybridized carbons (Fsp3) is 0.333. The Morgan fingerprint density at radius 2 is 1.88 bits per heavy atom. The van der Waals surface area contributed by atoms with E-state index in [0.717, 1.165) is 53.4 Å². The summed E-state index contributed by atoms with van der Waals surface area (Å²) in [5.74, 6) is 0. The summed E-state index contributed by atoms with van der Waals surface area (Å²) >= 11 is 0. The van der Waals surface area contributed by atoms with Gasteiger partial charge in [-0.3, -0.25) is 9.98 Å². The highest BCUT2D eigenvalue weighted by molar-refractivity contribution is 6.00. The summed E-state index contributed by atoms with van der Waals surface area (Å²) in [4.78, 5) is 19.2. The van der Waals surface area contributed by atoms with E-state index in [2.05, 4.69) is 52.4 Å². The first-order chi connectivity index (χ1) is 12.5. The highest BCUT2D eigenvalue weighted by Gasteiger charge is 2.07.